The molecule has 9 aromatic heterocycles. The van der Waals surface area contributed by atoms with Crippen molar-refractivity contribution < 1.29 is 65.4 Å². The lowest BCUT2D eigenvalue weighted by Gasteiger charge is -2.36. The second-order valence-electron chi connectivity index (χ2n) is 31.1. The number of amides is 3. The van der Waals surface area contributed by atoms with Crippen molar-refractivity contribution in [3.63, 3.8) is 0 Å². The maximum Gasteiger partial charge on any atom is 0.319 e. The van der Waals surface area contributed by atoms with E-state index in [4.69, 9.17) is 122 Å². The smallest absolute Gasteiger partial charge is 0.319 e. The zero-order valence-corrected chi connectivity index (χ0v) is 73.5. The Morgan fingerprint density at radius 3 is 1.42 bits per heavy atom. The Morgan fingerprint density at radius 2 is 0.945 bits per heavy atom. The van der Waals surface area contributed by atoms with Crippen LogP contribution in [0.1, 0.15) is 19.3 Å². The predicted octanol–water partition coefficient (Wildman–Crippen LogP) is 11.8. The minimum absolute atomic E-state index is 0.0209. The standard InChI is InChI=1S/C30H30ClFN8O4.C28H29ClF2N8O3.C27H27Cl3N8O4/c1-4-6-9-38-16-22(42-3)23(17-38)43-30-35-26-18(28(36-30)40-12-10-39(11-13-40)24(41)5-2)7-8-33-29(26)44-27-19-15-34-37-21(19)14-20(32)25(27)31;1-3-21(40)38-9-11-39(12-10-38)25-17-5-7-32-26(42-24-18-14-33-36-20(18)13-19(30)22(24)29)23(17)34-27(35-25)41-16-28(31)6-4-8-37(2)15-28;1-4-21(39)37-5-7-38(8-6-37)25-14-9-20(29)32-26(42-24-15-11-31-35-17(15)10-16(28)22(24)30)23(14)33-27(34-25)41-19-13-36(2)12-18(19)40-3/h1,5,7-8,14-15,22-23H,2,6,9-13,16-17H2,3H3,(H,34,37);3,5,7,13-14H,1,4,6,8-12,15-16H2,2H3,(H,33,36);4,9-11,18-19H,1,5-8,12-13H2,2-3H3,(H,31,35)/t22-,23-;28-;18-,19-/m101/s1. The Hall–Kier alpha value is -12.0. The second-order valence-corrected chi connectivity index (χ2v) is 33.0. The van der Waals surface area contributed by atoms with Gasteiger partial charge in [-0.3, -0.25) is 39.5 Å². The van der Waals surface area contributed by atoms with Crippen molar-refractivity contribution in [1.29, 1.82) is 0 Å². The maximum absolute atomic E-state index is 15.6. The number of aromatic amines is 3. The molecule has 3 amide bonds. The van der Waals surface area contributed by atoms with E-state index in [1.165, 1.54) is 49.0 Å². The average molecular weight is 1850 g/mol. The van der Waals surface area contributed by atoms with E-state index in [1.807, 2.05) is 23.9 Å². The summed E-state index contributed by atoms with van der Waals surface area (Å²) in [6.07, 6.45) is 17.7. The highest BCUT2D eigenvalue weighted by Gasteiger charge is 2.40. The van der Waals surface area contributed by atoms with Gasteiger partial charge in [0, 0.05) is 163 Å². The number of alkyl halides is 1. The third-order valence-corrected chi connectivity index (χ3v) is 24.5. The number of hydrogen-bond donors (Lipinski definition) is 3. The number of likely N-dealkylation sites (N-methyl/N-ethyl adjacent to an activating group) is 1. The lowest BCUT2D eigenvalue weighted by atomic mass is 9.96. The summed E-state index contributed by atoms with van der Waals surface area (Å²) < 4.78 is 93.5. The number of nitrogens with one attached hydrogen (secondary N) is 3. The highest BCUT2D eigenvalue weighted by Crippen LogP contribution is 2.47. The number of hydrogen-bond acceptors (Lipinski definition) is 29. The van der Waals surface area contributed by atoms with E-state index in [0.717, 1.165) is 6.54 Å². The third-order valence-electron chi connectivity index (χ3n) is 22.8. The summed E-state index contributed by atoms with van der Waals surface area (Å²) in [5, 5.41) is 23.9. The van der Waals surface area contributed by atoms with Crippen LogP contribution in [0.3, 0.4) is 0 Å². The van der Waals surface area contributed by atoms with Crippen LogP contribution in [0.4, 0.5) is 30.6 Å². The molecule has 12 aromatic rings. The van der Waals surface area contributed by atoms with Crippen molar-refractivity contribution in [2.45, 2.75) is 49.3 Å². The number of piperidine rings is 1. The first-order chi connectivity index (χ1) is 61.9. The topological polar surface area (TPSA) is 356 Å². The number of pyridine rings is 3. The monoisotopic (exact) mass is 1850 g/mol. The van der Waals surface area contributed by atoms with Gasteiger partial charge in [0.25, 0.3) is 0 Å². The maximum atomic E-state index is 15.6. The lowest BCUT2D eigenvalue weighted by molar-refractivity contribution is -0.127. The molecule has 6 fully saturated rings. The quantitative estimate of drug-likeness (QED) is 0.0304. The van der Waals surface area contributed by atoms with Crippen LogP contribution in [0.15, 0.2) is 105 Å². The van der Waals surface area contributed by atoms with Gasteiger partial charge in [-0.2, -0.15) is 50.2 Å². The molecule has 0 saturated carbocycles. The van der Waals surface area contributed by atoms with Crippen LogP contribution in [-0.4, -0.2) is 312 Å². The third kappa shape index (κ3) is 19.1. The molecule has 0 aliphatic carbocycles. The van der Waals surface area contributed by atoms with E-state index in [2.05, 4.69) is 101 Å². The van der Waals surface area contributed by atoms with Gasteiger partial charge in [0.1, 0.15) is 96.9 Å². The van der Waals surface area contributed by atoms with Gasteiger partial charge >= 0.3 is 18.0 Å². The Morgan fingerprint density at radius 1 is 0.523 bits per heavy atom. The van der Waals surface area contributed by atoms with Gasteiger partial charge < -0.3 is 72.2 Å². The molecule has 0 radical (unpaired) electrons. The van der Waals surface area contributed by atoms with Crippen molar-refractivity contribution in [2.24, 2.45) is 0 Å². The number of halogens is 8. The van der Waals surface area contributed by atoms with Crippen LogP contribution in [0.5, 0.6) is 52.9 Å². The van der Waals surface area contributed by atoms with Crippen molar-refractivity contribution in [3.05, 3.63) is 142 Å². The number of piperazine rings is 3. The van der Waals surface area contributed by atoms with Gasteiger partial charge in [-0.1, -0.05) is 77.7 Å². The van der Waals surface area contributed by atoms with Gasteiger partial charge in [0.05, 0.1) is 72.5 Å². The summed E-state index contributed by atoms with van der Waals surface area (Å²) >= 11 is 32.2. The predicted molar refractivity (Wildman–Crippen MR) is 476 cm³/mol. The van der Waals surface area contributed by atoms with Crippen molar-refractivity contribution in [3.8, 4) is 65.3 Å². The molecule has 43 heteroatoms. The number of anilines is 3. The zero-order chi connectivity index (χ0) is 89.8. The fourth-order valence-corrected chi connectivity index (χ4v) is 17.2. The number of carbonyl (C=O) groups is 3. The Kier molecular flexibility index (Phi) is 27.1. The first kappa shape index (κ1) is 89.4. The Bertz CT molecular complexity index is 6270. The summed E-state index contributed by atoms with van der Waals surface area (Å²) in [5.41, 5.74) is 0.847. The number of likely N-dealkylation sites (tertiary alicyclic amines) is 3. The molecule has 6 saturated heterocycles. The van der Waals surface area contributed by atoms with E-state index in [1.54, 1.807) is 65.6 Å². The molecule has 128 heavy (non-hydrogen) atoms. The number of fused-ring (bicyclic) bond motifs is 6. The fraction of sp³-hybridized carbons (Fsp3) is 0.376. The molecule has 15 heterocycles. The van der Waals surface area contributed by atoms with E-state index in [9.17, 15) is 23.2 Å². The molecule has 3 aromatic carbocycles. The Balaban J connectivity index is 0.000000141. The number of terminal acetylenes is 1. The number of H-pyrrole nitrogens is 3. The van der Waals surface area contributed by atoms with Crippen LogP contribution >= 0.6 is 58.0 Å². The second kappa shape index (κ2) is 38.9. The number of aromatic nitrogens is 15. The van der Waals surface area contributed by atoms with Gasteiger partial charge in [-0.05, 0) is 76.0 Å². The van der Waals surface area contributed by atoms with Crippen LogP contribution in [0, 0.1) is 24.0 Å². The number of ether oxygens (including phenoxy) is 8. The molecule has 6 aliphatic heterocycles. The van der Waals surface area contributed by atoms with Crippen LogP contribution in [0.2, 0.25) is 25.2 Å². The number of carbonyl (C=O) groups excluding carboxylic acids is 3. The summed E-state index contributed by atoms with van der Waals surface area (Å²) in [6, 6.07) is 9.50. The molecule has 5 atom stereocenters. The molecule has 0 spiro atoms. The molecule has 0 bridgehead atoms. The molecule has 668 valence electrons. The number of rotatable bonds is 23. The van der Waals surface area contributed by atoms with Crippen molar-refractivity contribution in [1.82, 2.24) is 105 Å². The van der Waals surface area contributed by atoms with Crippen molar-refractivity contribution in [2.75, 3.05) is 174 Å². The summed E-state index contributed by atoms with van der Waals surface area (Å²) in [4.78, 5) is 95.7. The molecule has 35 nitrogen and oxygen atoms in total. The van der Waals surface area contributed by atoms with Crippen LogP contribution in [0.25, 0.3) is 65.4 Å². The van der Waals surface area contributed by atoms with Crippen LogP contribution < -0.4 is 43.1 Å². The number of methoxy groups -OCH3 is 2. The average Bonchev–Trinajstić information content (AvgIpc) is 1.14. The zero-order valence-electron chi connectivity index (χ0n) is 69.8. The first-order valence-electron chi connectivity index (χ1n) is 40.8. The summed E-state index contributed by atoms with van der Waals surface area (Å²) in [5.74, 6) is 3.10. The lowest BCUT2D eigenvalue weighted by Crippen LogP contribution is -2.48. The van der Waals surface area contributed by atoms with Gasteiger partial charge in [0.2, 0.25) is 35.4 Å². The first-order valence-corrected chi connectivity index (χ1v) is 42.7. The van der Waals surface area contributed by atoms with Crippen LogP contribution in [-0.2, 0) is 23.9 Å². The van der Waals surface area contributed by atoms with E-state index in [-0.39, 0.29) is 139 Å². The minimum atomic E-state index is -1.56. The normalized spacial score (nSPS) is 19.4. The minimum Gasteiger partial charge on any atom is -0.460 e. The van der Waals surface area contributed by atoms with Gasteiger partial charge in [-0.25, -0.2) is 23.1 Å². The molecular weight excluding hydrogens is 1770 g/mol. The molecular formula is C85H86Cl5F3N24O11. The highest BCUT2D eigenvalue weighted by molar-refractivity contribution is 6.44. The Labute approximate surface area is 755 Å². The van der Waals surface area contributed by atoms with Gasteiger partial charge in [0.15, 0.2) is 22.9 Å². The highest BCUT2D eigenvalue weighted by atomic mass is 35.5. The molecule has 0 unspecified atom stereocenters. The molecule has 18 rings (SSSR count). The largest absolute Gasteiger partial charge is 0.460 e. The van der Waals surface area contributed by atoms with Gasteiger partial charge in [-0.15, -0.1) is 12.3 Å². The summed E-state index contributed by atoms with van der Waals surface area (Å²) in [7, 11) is 7.16. The number of benzene rings is 3. The van der Waals surface area contributed by atoms with Crippen molar-refractivity contribution >= 4 is 159 Å². The fourth-order valence-electron chi connectivity index (χ4n) is 16.3. The molecule has 6 aliphatic rings. The SMILES string of the molecule is C#CCCN1C[C@@H](OC)[C@H](Oc2nc(N3CCN(C(=O)C=C)CC3)c3ccnc(Oc4c(Cl)c(F)cc5[nH]ncc45)c3n2)C1.C=CC(=O)N1CCN(c2nc(OC[C@]3(F)CCCN(C)C3)nc3c(Oc4c(Cl)c(F)cc5[nH]ncc45)nccc23)CC1.C=CC(=O)N1CCN(c2nc(O[C@@H]3CN(C)C[C@H]3OC)nc3c(Oc4c(Cl)c(Cl)cc5[nH]ncc45)nc(Cl)cc23)CC1. The van der Waals surface area contributed by atoms with E-state index in [0.29, 0.717) is 208 Å². The van der Waals surface area contributed by atoms with E-state index < -0.39 is 17.3 Å². The van der Waals surface area contributed by atoms with E-state index >= 15 is 4.39 Å². The molecule has 3 N–H and O–H groups in total. The number of nitrogens with zero attached hydrogens (tertiary/aromatic N) is 21. The summed E-state index contributed by atoms with van der Waals surface area (Å²) in [6.45, 7) is 20.8.